The predicted octanol–water partition coefficient (Wildman–Crippen LogP) is 2.90. The van der Waals surface area contributed by atoms with Crippen molar-refractivity contribution in [3.05, 3.63) is 11.0 Å². The molecule has 0 bridgehead atoms. The lowest BCUT2D eigenvalue weighted by Gasteiger charge is -2.17. The molecule has 0 aromatic carbocycles. The molecule has 0 unspecified atom stereocenters. The summed E-state index contributed by atoms with van der Waals surface area (Å²) in [7, 11) is 0. The topological polar surface area (TPSA) is 77.8 Å². The number of halogens is 1. The molecule has 1 aliphatic rings. The maximum absolute atomic E-state index is 5.96. The van der Waals surface area contributed by atoms with Gasteiger partial charge >= 0.3 is 0 Å². The average Bonchev–Trinajstić information content (AvgIpc) is 2.74. The number of nitrogen functional groups attached to an aromatic ring is 1. The van der Waals surface area contributed by atoms with E-state index in [4.69, 9.17) is 21.8 Å². The molecule has 2 N–H and O–H groups in total. The van der Waals surface area contributed by atoms with E-state index in [-0.39, 0.29) is 11.1 Å². The van der Waals surface area contributed by atoms with Crippen molar-refractivity contribution in [1.82, 2.24) is 15.0 Å². The molecular formula is C11H13ClN4O. The summed E-state index contributed by atoms with van der Waals surface area (Å²) < 4.78 is 5.64. The summed E-state index contributed by atoms with van der Waals surface area (Å²) in [4.78, 5) is 12.3. The van der Waals surface area contributed by atoms with Crippen molar-refractivity contribution in [3.8, 4) is 0 Å². The van der Waals surface area contributed by atoms with E-state index < -0.39 is 0 Å². The number of hydrogen-bond acceptors (Lipinski definition) is 5. The first-order valence-electron chi connectivity index (χ1n) is 5.83. The largest absolute Gasteiger partial charge is 0.422 e. The Morgan fingerprint density at radius 2 is 1.88 bits per heavy atom. The van der Waals surface area contributed by atoms with Crippen LogP contribution in [0.2, 0.25) is 5.15 Å². The lowest BCUT2D eigenvalue weighted by Crippen LogP contribution is -2.04. The summed E-state index contributed by atoms with van der Waals surface area (Å²) in [6, 6.07) is 0. The Morgan fingerprint density at radius 1 is 1.12 bits per heavy atom. The molecule has 2 aromatic heterocycles. The van der Waals surface area contributed by atoms with Crippen LogP contribution in [0.4, 0.5) is 5.95 Å². The third-order valence-corrected chi connectivity index (χ3v) is 3.47. The molecule has 6 heteroatoms. The molecule has 3 rings (SSSR count). The van der Waals surface area contributed by atoms with Gasteiger partial charge in [0.05, 0.1) is 0 Å². The van der Waals surface area contributed by atoms with Gasteiger partial charge in [-0.25, -0.2) is 4.98 Å². The fraction of sp³-hybridized carbons (Fsp3) is 0.545. The van der Waals surface area contributed by atoms with Crippen LogP contribution < -0.4 is 5.73 Å². The van der Waals surface area contributed by atoms with E-state index in [1.54, 1.807) is 0 Å². The maximum atomic E-state index is 5.96. The summed E-state index contributed by atoms with van der Waals surface area (Å²) in [5.74, 6) is 1.23. The average molecular weight is 253 g/mol. The highest BCUT2D eigenvalue weighted by Gasteiger charge is 2.22. The molecule has 17 heavy (non-hydrogen) atoms. The summed E-state index contributed by atoms with van der Waals surface area (Å²) in [6.45, 7) is 0. The predicted molar refractivity (Wildman–Crippen MR) is 64.8 cm³/mol. The van der Waals surface area contributed by atoms with Crippen molar-refractivity contribution in [2.24, 2.45) is 0 Å². The van der Waals surface area contributed by atoms with Crippen LogP contribution >= 0.6 is 11.6 Å². The second kappa shape index (κ2) is 4.14. The summed E-state index contributed by atoms with van der Waals surface area (Å²) in [5.41, 5.74) is 6.42. The van der Waals surface area contributed by atoms with E-state index in [0.29, 0.717) is 17.1 Å². The number of nitrogens with zero attached hydrogens (tertiary/aromatic N) is 3. The van der Waals surface area contributed by atoms with Gasteiger partial charge in [0, 0.05) is 5.92 Å². The Bertz CT molecular complexity index is 548. The number of aromatic nitrogens is 3. The molecule has 0 spiro atoms. The van der Waals surface area contributed by atoms with Gasteiger partial charge < -0.3 is 10.2 Å². The number of oxazole rings is 1. The lowest BCUT2D eigenvalue weighted by atomic mass is 9.89. The van der Waals surface area contributed by atoms with Crippen molar-refractivity contribution in [2.45, 2.75) is 38.0 Å². The zero-order valence-electron chi connectivity index (χ0n) is 9.32. The van der Waals surface area contributed by atoms with Gasteiger partial charge in [0.15, 0.2) is 10.7 Å². The number of nitrogens with two attached hydrogens (primary N) is 1. The molecule has 5 nitrogen and oxygen atoms in total. The molecule has 0 amide bonds. The highest BCUT2D eigenvalue weighted by atomic mass is 35.5. The van der Waals surface area contributed by atoms with Gasteiger partial charge in [-0.05, 0) is 12.8 Å². The third kappa shape index (κ3) is 1.95. The standard InChI is InChI=1S/C11H13ClN4O/c12-8-7-10(16-11(13)15-8)17-9(14-7)6-4-2-1-3-5-6/h6H,1-5H2,(H2,13,15,16). The first-order chi connectivity index (χ1) is 8.24. The number of rotatable bonds is 1. The summed E-state index contributed by atoms with van der Waals surface area (Å²) in [5, 5.41) is 0.262. The maximum Gasteiger partial charge on any atom is 0.253 e. The van der Waals surface area contributed by atoms with Gasteiger partial charge in [-0.1, -0.05) is 30.9 Å². The molecule has 2 heterocycles. The van der Waals surface area contributed by atoms with Gasteiger partial charge in [0.2, 0.25) is 11.8 Å². The zero-order valence-corrected chi connectivity index (χ0v) is 10.1. The summed E-state index contributed by atoms with van der Waals surface area (Å²) >= 11 is 5.96. The molecule has 0 saturated heterocycles. The normalized spacial score (nSPS) is 17.7. The van der Waals surface area contributed by atoms with E-state index >= 15 is 0 Å². The third-order valence-electron chi connectivity index (χ3n) is 3.20. The van der Waals surface area contributed by atoms with Crippen LogP contribution in [-0.2, 0) is 0 Å². The van der Waals surface area contributed by atoms with E-state index in [1.807, 2.05) is 0 Å². The Kier molecular flexibility index (Phi) is 2.63. The minimum Gasteiger partial charge on any atom is -0.422 e. The van der Waals surface area contributed by atoms with E-state index in [0.717, 1.165) is 18.7 Å². The Morgan fingerprint density at radius 3 is 2.65 bits per heavy atom. The van der Waals surface area contributed by atoms with Crippen molar-refractivity contribution in [1.29, 1.82) is 0 Å². The number of anilines is 1. The first-order valence-corrected chi connectivity index (χ1v) is 6.21. The second-order valence-electron chi connectivity index (χ2n) is 4.41. The minimum atomic E-state index is 0.119. The van der Waals surface area contributed by atoms with Crippen LogP contribution in [-0.4, -0.2) is 15.0 Å². The van der Waals surface area contributed by atoms with Gasteiger partial charge in [0.25, 0.3) is 5.71 Å². The van der Waals surface area contributed by atoms with Crippen LogP contribution in [0.25, 0.3) is 11.2 Å². The van der Waals surface area contributed by atoms with Gasteiger partial charge in [-0.3, -0.25) is 0 Å². The van der Waals surface area contributed by atoms with Crippen molar-refractivity contribution in [3.63, 3.8) is 0 Å². The molecular weight excluding hydrogens is 240 g/mol. The van der Waals surface area contributed by atoms with E-state index in [9.17, 15) is 0 Å². The molecule has 1 aliphatic carbocycles. The molecule has 1 fully saturated rings. The monoisotopic (exact) mass is 252 g/mol. The van der Waals surface area contributed by atoms with Crippen molar-refractivity contribution in [2.75, 3.05) is 5.73 Å². The van der Waals surface area contributed by atoms with Crippen LogP contribution in [0, 0.1) is 0 Å². The van der Waals surface area contributed by atoms with Gasteiger partial charge in [0.1, 0.15) is 0 Å². The smallest absolute Gasteiger partial charge is 0.253 e. The Balaban J connectivity index is 2.03. The number of hydrogen-bond donors (Lipinski definition) is 1. The molecule has 0 aliphatic heterocycles. The van der Waals surface area contributed by atoms with E-state index in [2.05, 4.69) is 15.0 Å². The van der Waals surface area contributed by atoms with Crippen LogP contribution in [0.1, 0.15) is 43.9 Å². The second-order valence-corrected chi connectivity index (χ2v) is 4.77. The van der Waals surface area contributed by atoms with Crippen molar-refractivity contribution < 1.29 is 4.42 Å². The Labute approximate surface area is 103 Å². The SMILES string of the molecule is Nc1nc(Cl)c2nc(C3CCCCC3)oc2n1. The first kappa shape index (κ1) is 10.8. The van der Waals surface area contributed by atoms with Gasteiger partial charge in [-0.2, -0.15) is 9.97 Å². The van der Waals surface area contributed by atoms with Crippen LogP contribution in [0.5, 0.6) is 0 Å². The lowest BCUT2D eigenvalue weighted by molar-refractivity contribution is 0.371. The van der Waals surface area contributed by atoms with E-state index in [1.165, 1.54) is 19.3 Å². The van der Waals surface area contributed by atoms with Gasteiger partial charge in [-0.15, -0.1) is 0 Å². The highest BCUT2D eigenvalue weighted by Crippen LogP contribution is 2.34. The molecule has 90 valence electrons. The van der Waals surface area contributed by atoms with Crippen molar-refractivity contribution >= 4 is 28.8 Å². The summed E-state index contributed by atoms with van der Waals surface area (Å²) in [6.07, 6.45) is 5.99. The number of fused-ring (bicyclic) bond motifs is 1. The molecule has 2 aromatic rings. The van der Waals surface area contributed by atoms with Crippen LogP contribution in [0.15, 0.2) is 4.42 Å². The minimum absolute atomic E-state index is 0.119. The molecule has 0 radical (unpaired) electrons. The highest BCUT2D eigenvalue weighted by molar-refractivity contribution is 6.33. The molecule has 1 saturated carbocycles. The zero-order chi connectivity index (χ0) is 11.8. The fourth-order valence-electron chi connectivity index (χ4n) is 2.35. The van der Waals surface area contributed by atoms with Crippen LogP contribution in [0.3, 0.4) is 0 Å². The Hall–Kier alpha value is -1.36. The molecule has 0 atom stereocenters. The fourth-order valence-corrected chi connectivity index (χ4v) is 2.55. The quantitative estimate of drug-likeness (QED) is 0.790.